The largest absolute Gasteiger partial charge is 0.274 e. The molecule has 144 valence electrons. The summed E-state index contributed by atoms with van der Waals surface area (Å²) in [5.41, 5.74) is 2.18. The highest BCUT2D eigenvalue weighted by Crippen LogP contribution is 2.29. The molecule has 0 spiro atoms. The Balaban J connectivity index is 1.58. The number of nitrogens with zero attached hydrogens (tertiary/aromatic N) is 2. The van der Waals surface area contributed by atoms with Gasteiger partial charge in [0, 0.05) is 12.8 Å². The standard InChI is InChI=1S/C19H17N3O4S2/c1-12-5-10-15-16(11-12)27-19(20-15)21-28(25,26)14-8-6-13(7-9-14)22-17(23)3-2-4-18(22)24/h5-11H,2-4H2,1H3,(H,20,21). The number of thiazole rings is 1. The number of carbonyl (C=O) groups is 2. The zero-order valence-corrected chi connectivity index (χ0v) is 16.6. The number of nitrogens with one attached hydrogen (secondary N) is 1. The number of piperidine rings is 1. The summed E-state index contributed by atoms with van der Waals surface area (Å²) in [5, 5.41) is 0.283. The van der Waals surface area contributed by atoms with Crippen LogP contribution < -0.4 is 9.62 Å². The molecule has 0 unspecified atom stereocenters. The van der Waals surface area contributed by atoms with Crippen LogP contribution in [0.5, 0.6) is 0 Å². The Morgan fingerprint density at radius 2 is 1.71 bits per heavy atom. The second-order valence-electron chi connectivity index (χ2n) is 6.57. The van der Waals surface area contributed by atoms with Gasteiger partial charge in [0.25, 0.3) is 10.0 Å². The van der Waals surface area contributed by atoms with E-state index in [0.29, 0.717) is 24.9 Å². The van der Waals surface area contributed by atoms with Crippen molar-refractivity contribution in [2.24, 2.45) is 0 Å². The maximum atomic E-state index is 12.7. The van der Waals surface area contributed by atoms with E-state index in [1.807, 2.05) is 25.1 Å². The first-order chi connectivity index (χ1) is 13.3. The number of fused-ring (bicyclic) bond motifs is 1. The van der Waals surface area contributed by atoms with Crippen LogP contribution in [0.2, 0.25) is 0 Å². The van der Waals surface area contributed by atoms with Gasteiger partial charge in [0.05, 0.1) is 20.8 Å². The molecule has 0 radical (unpaired) electrons. The first-order valence-electron chi connectivity index (χ1n) is 8.69. The number of carbonyl (C=O) groups excluding carboxylic acids is 2. The monoisotopic (exact) mass is 415 g/mol. The van der Waals surface area contributed by atoms with E-state index < -0.39 is 10.0 Å². The highest BCUT2D eigenvalue weighted by Gasteiger charge is 2.27. The molecule has 1 saturated heterocycles. The third-order valence-electron chi connectivity index (χ3n) is 4.45. The summed E-state index contributed by atoms with van der Waals surface area (Å²) in [4.78, 5) is 29.5. The van der Waals surface area contributed by atoms with Gasteiger partial charge in [0.15, 0.2) is 5.13 Å². The normalized spacial score (nSPS) is 15.2. The van der Waals surface area contributed by atoms with Gasteiger partial charge in [-0.2, -0.15) is 0 Å². The highest BCUT2D eigenvalue weighted by molar-refractivity contribution is 7.93. The molecule has 0 bridgehead atoms. The molecule has 3 aromatic rings. The first kappa shape index (κ1) is 18.6. The highest BCUT2D eigenvalue weighted by atomic mass is 32.2. The minimum absolute atomic E-state index is 0.0311. The third kappa shape index (κ3) is 3.50. The van der Waals surface area contributed by atoms with Gasteiger partial charge in [-0.15, -0.1) is 0 Å². The molecule has 0 atom stereocenters. The molecule has 7 nitrogen and oxygen atoms in total. The molecule has 2 heterocycles. The molecule has 4 rings (SSSR count). The lowest BCUT2D eigenvalue weighted by molar-refractivity contribution is -0.129. The van der Waals surface area contributed by atoms with Crippen molar-refractivity contribution in [3.8, 4) is 0 Å². The lowest BCUT2D eigenvalue weighted by Crippen LogP contribution is -2.40. The fraction of sp³-hybridized carbons (Fsp3) is 0.211. The summed E-state index contributed by atoms with van der Waals surface area (Å²) in [5.74, 6) is -0.537. The molecule has 9 heteroatoms. The molecule has 1 fully saturated rings. The van der Waals surface area contributed by atoms with Crippen molar-refractivity contribution in [2.75, 3.05) is 9.62 Å². The number of imide groups is 1. The molecule has 1 aromatic heterocycles. The fourth-order valence-electron chi connectivity index (χ4n) is 3.07. The van der Waals surface area contributed by atoms with Crippen molar-refractivity contribution < 1.29 is 18.0 Å². The predicted molar refractivity (Wildman–Crippen MR) is 108 cm³/mol. The van der Waals surface area contributed by atoms with Crippen LogP contribution in [-0.4, -0.2) is 25.2 Å². The Hall–Kier alpha value is -2.78. The summed E-state index contributed by atoms with van der Waals surface area (Å²) in [6.45, 7) is 1.96. The Labute approximate surface area is 166 Å². The Kier molecular flexibility index (Phi) is 4.64. The second-order valence-corrected chi connectivity index (χ2v) is 9.28. The Morgan fingerprint density at radius 3 is 2.39 bits per heavy atom. The average Bonchev–Trinajstić information content (AvgIpc) is 3.02. The minimum atomic E-state index is -3.84. The van der Waals surface area contributed by atoms with E-state index in [4.69, 9.17) is 0 Å². The first-order valence-corrected chi connectivity index (χ1v) is 11.0. The van der Waals surface area contributed by atoms with Gasteiger partial charge >= 0.3 is 0 Å². The number of hydrogen-bond donors (Lipinski definition) is 1. The van der Waals surface area contributed by atoms with E-state index in [1.165, 1.54) is 35.6 Å². The third-order valence-corrected chi connectivity index (χ3v) is 6.87. The van der Waals surface area contributed by atoms with Crippen LogP contribution in [0.4, 0.5) is 10.8 Å². The van der Waals surface area contributed by atoms with Gasteiger partial charge in [-0.25, -0.2) is 13.4 Å². The number of rotatable bonds is 4. The molecule has 1 aliphatic rings. The van der Waals surface area contributed by atoms with E-state index in [2.05, 4.69) is 9.71 Å². The molecule has 0 saturated carbocycles. The van der Waals surface area contributed by atoms with Crippen LogP contribution in [0, 0.1) is 6.92 Å². The molecular weight excluding hydrogens is 398 g/mol. The molecule has 2 amide bonds. The summed E-state index contributed by atoms with van der Waals surface area (Å²) in [6, 6.07) is 11.4. The number of aryl methyl sites for hydroxylation is 1. The van der Waals surface area contributed by atoms with Gasteiger partial charge in [-0.1, -0.05) is 17.4 Å². The number of aromatic nitrogens is 1. The van der Waals surface area contributed by atoms with E-state index in [0.717, 1.165) is 20.7 Å². The van der Waals surface area contributed by atoms with Gasteiger partial charge in [-0.05, 0) is 55.3 Å². The fourth-order valence-corrected chi connectivity index (χ4v) is 5.26. The topological polar surface area (TPSA) is 96.4 Å². The second kappa shape index (κ2) is 6.99. The van der Waals surface area contributed by atoms with Crippen molar-refractivity contribution in [3.63, 3.8) is 0 Å². The number of hydrogen-bond acceptors (Lipinski definition) is 6. The molecule has 0 aliphatic carbocycles. The van der Waals surface area contributed by atoms with Crippen LogP contribution in [0.15, 0.2) is 47.4 Å². The van der Waals surface area contributed by atoms with E-state index in [-0.39, 0.29) is 21.8 Å². The van der Waals surface area contributed by atoms with Gasteiger partial charge < -0.3 is 0 Å². The SMILES string of the molecule is Cc1ccc2nc(NS(=O)(=O)c3ccc(N4C(=O)CCCC4=O)cc3)sc2c1. The maximum Gasteiger partial charge on any atom is 0.263 e. The summed E-state index contributed by atoms with van der Waals surface area (Å²) < 4.78 is 28.7. The average molecular weight is 415 g/mol. The smallest absolute Gasteiger partial charge is 0.263 e. The Bertz CT molecular complexity index is 1170. The minimum Gasteiger partial charge on any atom is -0.274 e. The number of anilines is 2. The van der Waals surface area contributed by atoms with Crippen molar-refractivity contribution in [3.05, 3.63) is 48.0 Å². The molecular formula is C19H17N3O4S2. The Morgan fingerprint density at radius 1 is 1.04 bits per heavy atom. The molecule has 2 aromatic carbocycles. The molecule has 28 heavy (non-hydrogen) atoms. The van der Waals surface area contributed by atoms with Crippen molar-refractivity contribution in [1.82, 2.24) is 4.98 Å². The van der Waals surface area contributed by atoms with Crippen LogP contribution >= 0.6 is 11.3 Å². The lowest BCUT2D eigenvalue weighted by atomic mass is 10.1. The maximum absolute atomic E-state index is 12.7. The van der Waals surface area contributed by atoms with Crippen LogP contribution in [0.1, 0.15) is 24.8 Å². The summed E-state index contributed by atoms with van der Waals surface area (Å²) in [7, 11) is -3.84. The number of amides is 2. The van der Waals surface area contributed by atoms with Crippen LogP contribution in [0.25, 0.3) is 10.2 Å². The lowest BCUT2D eigenvalue weighted by Gasteiger charge is -2.24. The van der Waals surface area contributed by atoms with Crippen molar-refractivity contribution >= 4 is 54.2 Å². The zero-order valence-electron chi connectivity index (χ0n) is 15.0. The zero-order chi connectivity index (χ0) is 19.9. The number of sulfonamides is 1. The quantitative estimate of drug-likeness (QED) is 0.659. The van der Waals surface area contributed by atoms with Gasteiger partial charge in [0.2, 0.25) is 11.8 Å². The van der Waals surface area contributed by atoms with Crippen LogP contribution in [0.3, 0.4) is 0 Å². The van der Waals surface area contributed by atoms with E-state index in [1.54, 1.807) is 0 Å². The summed E-state index contributed by atoms with van der Waals surface area (Å²) in [6.07, 6.45) is 1.17. The van der Waals surface area contributed by atoms with E-state index in [9.17, 15) is 18.0 Å². The van der Waals surface area contributed by atoms with Crippen molar-refractivity contribution in [1.29, 1.82) is 0 Å². The predicted octanol–water partition coefficient (Wildman–Crippen LogP) is 3.45. The molecule has 1 N–H and O–H groups in total. The summed E-state index contributed by atoms with van der Waals surface area (Å²) >= 11 is 1.26. The van der Waals surface area contributed by atoms with Gasteiger partial charge in [-0.3, -0.25) is 19.2 Å². The van der Waals surface area contributed by atoms with Crippen LogP contribution in [-0.2, 0) is 19.6 Å². The van der Waals surface area contributed by atoms with E-state index >= 15 is 0 Å². The number of benzene rings is 2. The molecule has 1 aliphatic heterocycles. The van der Waals surface area contributed by atoms with Crippen molar-refractivity contribution in [2.45, 2.75) is 31.1 Å². The van der Waals surface area contributed by atoms with Gasteiger partial charge in [0.1, 0.15) is 0 Å².